The molecule has 0 fully saturated rings. The molecule has 0 aliphatic heterocycles. The maximum Gasteiger partial charge on any atom is 0.306 e. The lowest BCUT2D eigenvalue weighted by Gasteiger charge is -2.28. The van der Waals surface area contributed by atoms with E-state index in [2.05, 4.69) is 13.8 Å². The normalized spacial score (nSPS) is 14.0. The third-order valence-electron chi connectivity index (χ3n) is 6.88. The van der Waals surface area contributed by atoms with Gasteiger partial charge in [-0.3, -0.25) is 14.2 Å². The second-order valence-electron chi connectivity index (χ2n) is 12.2. The summed E-state index contributed by atoms with van der Waals surface area (Å²) in [5, 5.41) is 0. The number of hydrogen-bond donors (Lipinski definition) is 0. The molecule has 0 heterocycles. The summed E-state index contributed by atoms with van der Waals surface area (Å²) in [4.78, 5) is 36.8. The number of hydrogen-bond acceptors (Lipinski definition) is 8. The molecule has 41 heavy (non-hydrogen) atoms. The zero-order valence-corrected chi connectivity index (χ0v) is 27.9. The van der Waals surface area contributed by atoms with E-state index in [0.29, 0.717) is 17.4 Å². The highest BCUT2D eigenvalue weighted by Crippen LogP contribution is 2.38. The SMILES string of the molecule is CCCCCCCCCCCCCCC(=O)OC(COC(=O)CCCCCCC)COP(=O)([O-])OCC[N+](C)(C)C. The number of rotatable bonds is 29. The van der Waals surface area contributed by atoms with Crippen molar-refractivity contribution in [3.63, 3.8) is 0 Å². The molecular weight excluding hydrogens is 545 g/mol. The zero-order chi connectivity index (χ0) is 30.8. The standard InChI is InChI=1S/C31H62NO8P/c1-6-8-10-12-13-14-15-16-17-18-20-22-24-31(34)40-29(27-37-30(33)23-21-19-11-9-7-2)28-39-41(35,36)38-26-25-32(3,4)5/h29H,6-28H2,1-5H3. The van der Waals surface area contributed by atoms with E-state index in [4.69, 9.17) is 18.5 Å². The van der Waals surface area contributed by atoms with Crippen LogP contribution in [0, 0.1) is 0 Å². The average molecular weight is 608 g/mol. The summed E-state index contributed by atoms with van der Waals surface area (Å²) in [5.74, 6) is -0.846. The Kier molecular flexibility index (Phi) is 24.9. The first-order valence-corrected chi connectivity index (χ1v) is 17.7. The van der Waals surface area contributed by atoms with Crippen LogP contribution in [-0.2, 0) is 32.7 Å². The van der Waals surface area contributed by atoms with Crippen molar-refractivity contribution in [2.24, 2.45) is 0 Å². The number of phosphoric acid groups is 1. The van der Waals surface area contributed by atoms with Gasteiger partial charge in [0.1, 0.15) is 19.8 Å². The number of ether oxygens (including phenoxy) is 2. The fourth-order valence-corrected chi connectivity index (χ4v) is 4.97. The molecule has 0 rings (SSSR count). The molecule has 0 spiro atoms. The maximum atomic E-state index is 12.5. The van der Waals surface area contributed by atoms with E-state index in [0.717, 1.165) is 44.9 Å². The lowest BCUT2D eigenvalue weighted by Crippen LogP contribution is -2.37. The van der Waals surface area contributed by atoms with Gasteiger partial charge in [0.25, 0.3) is 7.82 Å². The molecule has 0 saturated heterocycles. The third-order valence-corrected chi connectivity index (χ3v) is 7.84. The Morgan fingerprint density at radius 3 is 1.56 bits per heavy atom. The molecule has 10 heteroatoms. The fourth-order valence-electron chi connectivity index (χ4n) is 4.24. The molecule has 9 nitrogen and oxygen atoms in total. The Morgan fingerprint density at radius 2 is 1.10 bits per heavy atom. The number of carbonyl (C=O) groups excluding carboxylic acids is 2. The first kappa shape index (κ1) is 40.0. The molecule has 2 unspecified atom stereocenters. The summed E-state index contributed by atoms with van der Waals surface area (Å²) in [6.45, 7) is 4.10. The van der Waals surface area contributed by atoms with Gasteiger partial charge in [-0.2, -0.15) is 0 Å². The summed E-state index contributed by atoms with van der Waals surface area (Å²) >= 11 is 0. The van der Waals surface area contributed by atoms with Crippen LogP contribution >= 0.6 is 7.82 Å². The smallest absolute Gasteiger partial charge is 0.306 e. The van der Waals surface area contributed by atoms with Crippen molar-refractivity contribution in [3.05, 3.63) is 0 Å². The minimum atomic E-state index is -4.59. The van der Waals surface area contributed by atoms with E-state index in [-0.39, 0.29) is 26.1 Å². The molecule has 2 atom stereocenters. The highest BCUT2D eigenvalue weighted by molar-refractivity contribution is 7.45. The van der Waals surface area contributed by atoms with Crippen LogP contribution < -0.4 is 4.89 Å². The molecule has 0 aliphatic rings. The summed E-state index contributed by atoms with van der Waals surface area (Å²) in [7, 11) is 1.17. The molecular formula is C31H62NO8P. The number of esters is 2. The lowest BCUT2D eigenvalue weighted by molar-refractivity contribution is -0.870. The van der Waals surface area contributed by atoms with Crippen molar-refractivity contribution in [1.82, 2.24) is 0 Å². The number of phosphoric ester groups is 1. The summed E-state index contributed by atoms with van der Waals surface area (Å²) < 4.78 is 33.4. The highest BCUT2D eigenvalue weighted by atomic mass is 31.2. The van der Waals surface area contributed by atoms with Gasteiger partial charge >= 0.3 is 11.9 Å². The van der Waals surface area contributed by atoms with E-state index in [9.17, 15) is 19.0 Å². The Balaban J connectivity index is 4.44. The molecule has 0 amide bonds. The van der Waals surface area contributed by atoms with Crippen LogP contribution in [0.4, 0.5) is 0 Å². The van der Waals surface area contributed by atoms with Crippen LogP contribution in [0.1, 0.15) is 136 Å². The molecule has 0 aliphatic carbocycles. The van der Waals surface area contributed by atoms with Crippen molar-refractivity contribution < 1.29 is 42.1 Å². The number of quaternary nitrogens is 1. The van der Waals surface area contributed by atoms with Crippen molar-refractivity contribution in [1.29, 1.82) is 0 Å². The molecule has 0 aromatic carbocycles. The van der Waals surface area contributed by atoms with Gasteiger partial charge in [0.05, 0.1) is 27.7 Å². The number of carbonyl (C=O) groups is 2. The van der Waals surface area contributed by atoms with Crippen molar-refractivity contribution in [2.45, 2.75) is 142 Å². The van der Waals surface area contributed by atoms with Crippen LogP contribution in [0.2, 0.25) is 0 Å². The minimum absolute atomic E-state index is 0.0271. The van der Waals surface area contributed by atoms with Gasteiger partial charge in [-0.25, -0.2) is 0 Å². The minimum Gasteiger partial charge on any atom is -0.756 e. The Labute approximate surface area is 251 Å². The summed E-state index contributed by atoms with van der Waals surface area (Å²) in [5.41, 5.74) is 0. The molecule has 0 N–H and O–H groups in total. The predicted molar refractivity (Wildman–Crippen MR) is 162 cm³/mol. The quantitative estimate of drug-likeness (QED) is 0.0383. The van der Waals surface area contributed by atoms with E-state index in [1.165, 1.54) is 57.8 Å². The summed E-state index contributed by atoms with van der Waals surface area (Å²) in [6, 6.07) is 0. The molecule has 0 radical (unpaired) electrons. The van der Waals surface area contributed by atoms with Crippen LogP contribution in [0.15, 0.2) is 0 Å². The Bertz CT molecular complexity index is 698. The van der Waals surface area contributed by atoms with Crippen molar-refractivity contribution >= 4 is 19.8 Å². The largest absolute Gasteiger partial charge is 0.756 e. The van der Waals surface area contributed by atoms with E-state index in [1.54, 1.807) is 0 Å². The molecule has 0 saturated carbocycles. The predicted octanol–water partition coefficient (Wildman–Crippen LogP) is 7.10. The second-order valence-corrected chi connectivity index (χ2v) is 13.6. The monoisotopic (exact) mass is 607 g/mol. The van der Waals surface area contributed by atoms with E-state index in [1.807, 2.05) is 21.1 Å². The Morgan fingerprint density at radius 1 is 0.659 bits per heavy atom. The van der Waals surface area contributed by atoms with Gasteiger partial charge in [0.2, 0.25) is 0 Å². The van der Waals surface area contributed by atoms with Crippen molar-refractivity contribution in [3.8, 4) is 0 Å². The van der Waals surface area contributed by atoms with Crippen LogP contribution in [0.5, 0.6) is 0 Å². The van der Waals surface area contributed by atoms with Gasteiger partial charge < -0.3 is 27.9 Å². The number of nitrogens with zero attached hydrogens (tertiary/aromatic N) is 1. The van der Waals surface area contributed by atoms with Gasteiger partial charge in [0, 0.05) is 12.8 Å². The summed E-state index contributed by atoms with van der Waals surface area (Å²) in [6.07, 6.45) is 18.8. The van der Waals surface area contributed by atoms with Crippen LogP contribution in [0.3, 0.4) is 0 Å². The number of unbranched alkanes of at least 4 members (excludes halogenated alkanes) is 15. The van der Waals surface area contributed by atoms with Gasteiger partial charge in [-0.15, -0.1) is 0 Å². The third kappa shape index (κ3) is 28.9. The van der Waals surface area contributed by atoms with E-state index >= 15 is 0 Å². The molecule has 0 aromatic heterocycles. The average Bonchev–Trinajstić information content (AvgIpc) is 2.90. The second kappa shape index (κ2) is 25.5. The van der Waals surface area contributed by atoms with Gasteiger partial charge in [-0.1, -0.05) is 110 Å². The lowest BCUT2D eigenvalue weighted by atomic mass is 10.0. The molecule has 0 bridgehead atoms. The van der Waals surface area contributed by atoms with Gasteiger partial charge in [-0.05, 0) is 12.8 Å². The zero-order valence-electron chi connectivity index (χ0n) is 27.0. The highest BCUT2D eigenvalue weighted by Gasteiger charge is 2.21. The van der Waals surface area contributed by atoms with Crippen molar-refractivity contribution in [2.75, 3.05) is 47.5 Å². The molecule has 244 valence electrons. The van der Waals surface area contributed by atoms with Gasteiger partial charge in [0.15, 0.2) is 6.10 Å². The fraction of sp³-hybridized carbons (Fsp3) is 0.935. The Hall–Kier alpha value is -0.990. The topological polar surface area (TPSA) is 111 Å². The molecule has 0 aromatic rings. The number of likely N-dealkylation sites (N-methyl/N-ethyl adjacent to an activating group) is 1. The van der Waals surface area contributed by atoms with Crippen LogP contribution in [-0.4, -0.2) is 70.0 Å². The van der Waals surface area contributed by atoms with E-state index < -0.39 is 32.5 Å². The first-order chi connectivity index (χ1) is 19.5. The van der Waals surface area contributed by atoms with Crippen LogP contribution in [0.25, 0.3) is 0 Å². The maximum absolute atomic E-state index is 12.5. The first-order valence-electron chi connectivity index (χ1n) is 16.2.